The lowest BCUT2D eigenvalue weighted by atomic mass is 10.1. The van der Waals surface area contributed by atoms with E-state index in [-0.39, 0.29) is 11.9 Å². The van der Waals surface area contributed by atoms with Crippen LogP contribution in [-0.2, 0) is 11.2 Å². The molecule has 1 amide bonds. The summed E-state index contributed by atoms with van der Waals surface area (Å²) < 4.78 is 35.9. The van der Waals surface area contributed by atoms with E-state index in [0.29, 0.717) is 6.42 Å². The molecule has 0 aliphatic heterocycles. The summed E-state index contributed by atoms with van der Waals surface area (Å²) in [6, 6.07) is 8.96. The van der Waals surface area contributed by atoms with Crippen molar-refractivity contribution in [2.45, 2.75) is 31.5 Å². The number of hydrogen-bond donors (Lipinski definition) is 1. The zero-order valence-corrected chi connectivity index (χ0v) is 11.0. The lowest BCUT2D eigenvalue weighted by Gasteiger charge is -2.16. The first-order chi connectivity index (χ1) is 8.90. The molecule has 0 spiro atoms. The van der Waals surface area contributed by atoms with Crippen LogP contribution in [0.5, 0.6) is 0 Å². The second-order valence-corrected chi connectivity index (χ2v) is 4.53. The quantitative estimate of drug-likeness (QED) is 0.801. The molecule has 1 unspecified atom stereocenters. The summed E-state index contributed by atoms with van der Waals surface area (Å²) in [4.78, 5) is 11.4. The standard InChI is InChI=1S/C13H15ClF3NO/c14-9-11(8-10-4-2-1-3-5-10)18-12(19)6-7-13(15,16)17/h1-5,11H,6-9H2,(H,18,19). The first kappa shape index (κ1) is 15.8. The minimum absolute atomic E-state index is 0.159. The fraction of sp³-hybridized carbons (Fsp3) is 0.462. The number of rotatable bonds is 6. The number of hydrogen-bond acceptors (Lipinski definition) is 1. The van der Waals surface area contributed by atoms with Gasteiger partial charge in [0.25, 0.3) is 0 Å². The molecular weight excluding hydrogens is 279 g/mol. The van der Waals surface area contributed by atoms with Crippen molar-refractivity contribution in [3.05, 3.63) is 35.9 Å². The van der Waals surface area contributed by atoms with Gasteiger partial charge in [-0.25, -0.2) is 0 Å². The van der Waals surface area contributed by atoms with Gasteiger partial charge in [0.15, 0.2) is 0 Å². The third kappa shape index (κ3) is 7.06. The summed E-state index contributed by atoms with van der Waals surface area (Å²) in [5.74, 6) is -0.467. The highest BCUT2D eigenvalue weighted by Crippen LogP contribution is 2.21. The van der Waals surface area contributed by atoms with E-state index in [0.717, 1.165) is 5.56 Å². The fourth-order valence-corrected chi connectivity index (χ4v) is 1.78. The number of nitrogens with one attached hydrogen (secondary N) is 1. The van der Waals surface area contributed by atoms with Crippen molar-refractivity contribution in [2.75, 3.05) is 5.88 Å². The van der Waals surface area contributed by atoms with Gasteiger partial charge in [-0.3, -0.25) is 4.79 Å². The topological polar surface area (TPSA) is 29.1 Å². The largest absolute Gasteiger partial charge is 0.389 e. The minimum Gasteiger partial charge on any atom is -0.352 e. The zero-order chi connectivity index (χ0) is 14.3. The Hall–Kier alpha value is -1.23. The molecule has 0 aliphatic rings. The van der Waals surface area contributed by atoms with Crippen molar-refractivity contribution < 1.29 is 18.0 Å². The summed E-state index contributed by atoms with van der Waals surface area (Å²) >= 11 is 5.71. The molecule has 0 aliphatic carbocycles. The Morgan fingerprint density at radius 3 is 2.42 bits per heavy atom. The molecule has 1 atom stereocenters. The molecule has 1 aromatic rings. The highest BCUT2D eigenvalue weighted by molar-refractivity contribution is 6.18. The van der Waals surface area contributed by atoms with E-state index in [2.05, 4.69) is 5.32 Å². The first-order valence-electron chi connectivity index (χ1n) is 5.86. The van der Waals surface area contributed by atoms with Gasteiger partial charge < -0.3 is 5.32 Å². The van der Waals surface area contributed by atoms with Gasteiger partial charge in [-0.1, -0.05) is 30.3 Å². The molecule has 2 nitrogen and oxygen atoms in total. The summed E-state index contributed by atoms with van der Waals surface area (Å²) in [5, 5.41) is 2.52. The number of amides is 1. The van der Waals surface area contributed by atoms with Gasteiger partial charge in [0.1, 0.15) is 0 Å². The van der Waals surface area contributed by atoms with Crippen molar-refractivity contribution in [2.24, 2.45) is 0 Å². The average Bonchev–Trinajstić information content (AvgIpc) is 2.36. The van der Waals surface area contributed by atoms with E-state index in [1.807, 2.05) is 30.3 Å². The third-order valence-electron chi connectivity index (χ3n) is 2.51. The van der Waals surface area contributed by atoms with E-state index >= 15 is 0 Å². The van der Waals surface area contributed by atoms with Crippen LogP contribution in [0.1, 0.15) is 18.4 Å². The van der Waals surface area contributed by atoms with Crippen LogP contribution in [0.3, 0.4) is 0 Å². The molecule has 0 bridgehead atoms. The van der Waals surface area contributed by atoms with Gasteiger partial charge >= 0.3 is 6.18 Å². The van der Waals surface area contributed by atoms with E-state index in [4.69, 9.17) is 11.6 Å². The summed E-state index contributed by atoms with van der Waals surface area (Å²) in [5.41, 5.74) is 0.976. The molecule has 19 heavy (non-hydrogen) atoms. The van der Waals surface area contributed by atoms with Gasteiger partial charge in [-0.2, -0.15) is 13.2 Å². The van der Waals surface area contributed by atoms with E-state index in [9.17, 15) is 18.0 Å². The maximum atomic E-state index is 12.0. The van der Waals surface area contributed by atoms with Gasteiger partial charge in [-0.05, 0) is 12.0 Å². The lowest BCUT2D eigenvalue weighted by molar-refractivity contribution is -0.144. The van der Waals surface area contributed by atoms with E-state index < -0.39 is 24.9 Å². The van der Waals surface area contributed by atoms with Crippen molar-refractivity contribution in [1.29, 1.82) is 0 Å². The van der Waals surface area contributed by atoms with Gasteiger partial charge in [0.2, 0.25) is 5.91 Å². The maximum absolute atomic E-state index is 12.0. The fourth-order valence-electron chi connectivity index (χ4n) is 1.60. The SMILES string of the molecule is O=C(CCC(F)(F)F)NC(CCl)Cc1ccccc1. The van der Waals surface area contributed by atoms with E-state index in [1.54, 1.807) is 0 Å². The number of carbonyl (C=O) groups excluding carboxylic acids is 1. The Morgan fingerprint density at radius 2 is 1.89 bits per heavy atom. The molecule has 6 heteroatoms. The Kier molecular flexibility index (Phi) is 6.15. The predicted molar refractivity (Wildman–Crippen MR) is 68.1 cm³/mol. The molecule has 1 N–H and O–H groups in total. The van der Waals surface area contributed by atoms with Gasteiger partial charge in [-0.15, -0.1) is 11.6 Å². The van der Waals surface area contributed by atoms with E-state index in [1.165, 1.54) is 0 Å². The normalized spacial score (nSPS) is 13.1. The highest BCUT2D eigenvalue weighted by atomic mass is 35.5. The van der Waals surface area contributed by atoms with Gasteiger partial charge in [0, 0.05) is 18.3 Å². The molecule has 0 saturated heterocycles. The zero-order valence-electron chi connectivity index (χ0n) is 10.2. The van der Waals surface area contributed by atoms with Crippen LogP contribution in [0, 0.1) is 0 Å². The van der Waals surface area contributed by atoms with Crippen molar-refractivity contribution in [3.63, 3.8) is 0 Å². The van der Waals surface area contributed by atoms with Crippen molar-refractivity contribution in [3.8, 4) is 0 Å². The second-order valence-electron chi connectivity index (χ2n) is 4.22. The molecule has 106 valence electrons. The number of alkyl halides is 4. The van der Waals surface area contributed by atoms with Crippen LogP contribution in [0.4, 0.5) is 13.2 Å². The molecule has 0 fully saturated rings. The van der Waals surface area contributed by atoms with Crippen molar-refractivity contribution >= 4 is 17.5 Å². The molecule has 1 aromatic carbocycles. The second kappa shape index (κ2) is 7.38. The Labute approximate surface area is 114 Å². The van der Waals surface area contributed by atoms with Crippen LogP contribution in [-0.4, -0.2) is 24.0 Å². The molecule has 0 saturated carbocycles. The predicted octanol–water partition coefficient (Wildman–Crippen LogP) is 3.30. The summed E-state index contributed by atoms with van der Waals surface area (Å²) in [6.07, 6.45) is -5.49. The maximum Gasteiger partial charge on any atom is 0.389 e. The molecule has 1 rings (SSSR count). The van der Waals surface area contributed by atoms with Crippen molar-refractivity contribution in [1.82, 2.24) is 5.32 Å². The molecule has 0 aromatic heterocycles. The molecule has 0 radical (unpaired) electrons. The Morgan fingerprint density at radius 1 is 1.26 bits per heavy atom. The molecule has 0 heterocycles. The number of halogens is 4. The average molecular weight is 294 g/mol. The van der Waals surface area contributed by atoms with Crippen LogP contribution in [0.2, 0.25) is 0 Å². The smallest absolute Gasteiger partial charge is 0.352 e. The van der Waals surface area contributed by atoms with Gasteiger partial charge in [0.05, 0.1) is 6.42 Å². The first-order valence-corrected chi connectivity index (χ1v) is 6.40. The summed E-state index contributed by atoms with van der Waals surface area (Å²) in [7, 11) is 0. The highest BCUT2D eigenvalue weighted by Gasteiger charge is 2.28. The number of carbonyl (C=O) groups is 1. The summed E-state index contributed by atoms with van der Waals surface area (Å²) in [6.45, 7) is 0. The number of benzene rings is 1. The lowest BCUT2D eigenvalue weighted by Crippen LogP contribution is -2.38. The Bertz CT molecular complexity index is 395. The van der Waals surface area contributed by atoms with Crippen LogP contribution in [0.15, 0.2) is 30.3 Å². The van der Waals surface area contributed by atoms with Crippen LogP contribution >= 0.6 is 11.6 Å². The van der Waals surface area contributed by atoms with Crippen LogP contribution in [0.25, 0.3) is 0 Å². The Balaban J connectivity index is 2.42. The monoisotopic (exact) mass is 293 g/mol. The minimum atomic E-state index is -4.31. The third-order valence-corrected chi connectivity index (χ3v) is 2.88. The van der Waals surface area contributed by atoms with Crippen LogP contribution < -0.4 is 5.32 Å². The molecular formula is C13H15ClF3NO.